The summed E-state index contributed by atoms with van der Waals surface area (Å²) in [6, 6.07) is 4.67. The minimum Gasteiger partial charge on any atom is -0.477 e. The van der Waals surface area contributed by atoms with Crippen molar-refractivity contribution in [2.24, 2.45) is 0 Å². The number of carbonyl (C=O) groups excluding carboxylic acids is 1. The second-order valence-corrected chi connectivity index (χ2v) is 6.07. The Morgan fingerprint density at radius 2 is 2.20 bits per heavy atom. The number of hydrogen-bond acceptors (Lipinski definition) is 7. The Morgan fingerprint density at radius 1 is 1.40 bits per heavy atom. The number of rotatable bonds is 4. The number of ether oxygens (including phenoxy) is 3. The monoisotopic (exact) mass is 345 g/mol. The Bertz CT molecular complexity index is 863. The number of aromatic nitrogens is 2. The van der Waals surface area contributed by atoms with Gasteiger partial charge in [0.15, 0.2) is 17.3 Å². The van der Waals surface area contributed by atoms with Crippen LogP contribution in [0.4, 0.5) is 5.82 Å². The summed E-state index contributed by atoms with van der Waals surface area (Å²) in [6.45, 7) is 1.96. The highest BCUT2D eigenvalue weighted by molar-refractivity contribution is 5.94. The molecule has 25 heavy (non-hydrogen) atoms. The molecule has 0 spiro atoms. The molecular formula is C16H15N3O6. The lowest BCUT2D eigenvalue weighted by Crippen LogP contribution is -2.26. The second kappa shape index (κ2) is 5.40. The fourth-order valence-corrected chi connectivity index (χ4v) is 3.05. The molecule has 1 aromatic carbocycles. The quantitative estimate of drug-likeness (QED) is 0.712. The fraction of sp³-hybridized carbons (Fsp3) is 0.312. The van der Waals surface area contributed by atoms with Crippen molar-refractivity contribution in [2.75, 3.05) is 12.1 Å². The predicted molar refractivity (Wildman–Crippen MR) is 83.6 cm³/mol. The topological polar surface area (TPSA) is 123 Å². The molecule has 0 amide bonds. The third kappa shape index (κ3) is 2.53. The van der Waals surface area contributed by atoms with Gasteiger partial charge < -0.3 is 24.6 Å². The molecule has 4 rings (SSSR count). The third-order valence-electron chi connectivity index (χ3n) is 4.37. The molecule has 1 saturated heterocycles. The number of H-pyrrole nitrogens is 1. The van der Waals surface area contributed by atoms with Crippen LogP contribution in [0.15, 0.2) is 24.4 Å². The number of nitrogens with one attached hydrogen (secondary N) is 2. The molecule has 2 unspecified atom stereocenters. The number of nitrogens with zero attached hydrogens (tertiary/aromatic N) is 1. The molecule has 0 saturated carbocycles. The van der Waals surface area contributed by atoms with E-state index in [9.17, 15) is 9.59 Å². The van der Waals surface area contributed by atoms with E-state index in [0.717, 1.165) is 5.56 Å². The van der Waals surface area contributed by atoms with E-state index in [0.29, 0.717) is 17.9 Å². The number of carboxylic acids is 1. The van der Waals surface area contributed by atoms with Crippen molar-refractivity contribution in [3.63, 3.8) is 0 Å². The number of esters is 1. The Hall–Kier alpha value is -3.23. The molecule has 130 valence electrons. The summed E-state index contributed by atoms with van der Waals surface area (Å²) in [5.41, 5.74) is -0.130. The highest BCUT2D eigenvalue weighted by Gasteiger charge is 2.45. The number of cyclic esters (lactones) is 1. The summed E-state index contributed by atoms with van der Waals surface area (Å²) in [4.78, 5) is 23.4. The molecule has 2 aliphatic rings. The zero-order valence-corrected chi connectivity index (χ0v) is 13.2. The highest BCUT2D eigenvalue weighted by Crippen LogP contribution is 2.42. The highest BCUT2D eigenvalue weighted by atomic mass is 16.7. The lowest BCUT2D eigenvalue weighted by molar-refractivity contribution is -0.148. The van der Waals surface area contributed by atoms with Gasteiger partial charge in [0.25, 0.3) is 0 Å². The average molecular weight is 345 g/mol. The van der Waals surface area contributed by atoms with Crippen LogP contribution in [0.3, 0.4) is 0 Å². The van der Waals surface area contributed by atoms with Gasteiger partial charge >= 0.3 is 11.9 Å². The van der Waals surface area contributed by atoms with E-state index < -0.39 is 23.6 Å². The van der Waals surface area contributed by atoms with Crippen LogP contribution in [-0.4, -0.2) is 40.1 Å². The number of benzene rings is 1. The second-order valence-electron chi connectivity index (χ2n) is 6.07. The molecule has 1 fully saturated rings. The van der Waals surface area contributed by atoms with Gasteiger partial charge in [0, 0.05) is 12.6 Å². The number of aromatic amines is 1. The van der Waals surface area contributed by atoms with Crippen LogP contribution < -0.4 is 14.8 Å². The zero-order chi connectivity index (χ0) is 17.6. The van der Waals surface area contributed by atoms with Gasteiger partial charge in [-0.25, -0.2) is 9.59 Å². The lowest BCUT2D eigenvalue weighted by Gasteiger charge is -2.23. The Kier molecular flexibility index (Phi) is 3.31. The number of fused-ring (bicyclic) bond motifs is 1. The van der Waals surface area contributed by atoms with Gasteiger partial charge in [-0.15, -0.1) is 0 Å². The smallest absolute Gasteiger partial charge is 0.341 e. The van der Waals surface area contributed by atoms with Crippen LogP contribution in [-0.2, 0) is 15.1 Å². The van der Waals surface area contributed by atoms with Crippen molar-refractivity contribution in [3.05, 3.63) is 35.5 Å². The van der Waals surface area contributed by atoms with Gasteiger partial charge in [0.05, 0.1) is 0 Å². The molecule has 0 radical (unpaired) electrons. The summed E-state index contributed by atoms with van der Waals surface area (Å²) in [5, 5.41) is 18.3. The van der Waals surface area contributed by atoms with Gasteiger partial charge in [-0.05, 0) is 24.6 Å². The van der Waals surface area contributed by atoms with Crippen molar-refractivity contribution in [2.45, 2.75) is 25.0 Å². The van der Waals surface area contributed by atoms with E-state index in [-0.39, 0.29) is 18.2 Å². The van der Waals surface area contributed by atoms with Gasteiger partial charge in [0.1, 0.15) is 17.2 Å². The molecule has 2 atom stereocenters. The van der Waals surface area contributed by atoms with E-state index >= 15 is 0 Å². The Balaban J connectivity index is 1.57. The summed E-state index contributed by atoms with van der Waals surface area (Å²) >= 11 is 0. The van der Waals surface area contributed by atoms with Crippen molar-refractivity contribution in [1.82, 2.24) is 10.2 Å². The maximum atomic E-state index is 12.3. The minimum absolute atomic E-state index is 0.0375. The average Bonchev–Trinajstić information content (AvgIpc) is 3.27. The number of carbonyl (C=O) groups is 2. The minimum atomic E-state index is -1.14. The molecule has 1 aromatic heterocycles. The number of aromatic carboxylic acids is 1. The van der Waals surface area contributed by atoms with Gasteiger partial charge in [-0.3, -0.25) is 5.10 Å². The first-order valence-corrected chi connectivity index (χ1v) is 7.63. The normalized spacial score (nSPS) is 24.2. The van der Waals surface area contributed by atoms with E-state index in [1.54, 1.807) is 19.1 Å². The maximum absolute atomic E-state index is 12.3. The van der Waals surface area contributed by atoms with E-state index in [4.69, 9.17) is 19.3 Å². The molecule has 3 heterocycles. The molecule has 0 aliphatic carbocycles. The van der Waals surface area contributed by atoms with Crippen LogP contribution in [0.2, 0.25) is 0 Å². The van der Waals surface area contributed by atoms with Crippen molar-refractivity contribution < 1.29 is 28.9 Å². The zero-order valence-electron chi connectivity index (χ0n) is 13.2. The van der Waals surface area contributed by atoms with E-state index in [1.807, 2.05) is 6.07 Å². The van der Waals surface area contributed by atoms with Crippen LogP contribution >= 0.6 is 0 Å². The number of carboxylic acid groups (broad SMARTS) is 1. The molecule has 9 heteroatoms. The summed E-state index contributed by atoms with van der Waals surface area (Å²) in [7, 11) is 0. The molecule has 3 N–H and O–H groups in total. The van der Waals surface area contributed by atoms with Crippen LogP contribution in [0.25, 0.3) is 0 Å². The van der Waals surface area contributed by atoms with E-state index in [1.165, 1.54) is 6.20 Å². The third-order valence-corrected chi connectivity index (χ3v) is 4.37. The molecular weight excluding hydrogens is 330 g/mol. The molecule has 0 bridgehead atoms. The first kappa shape index (κ1) is 15.3. The lowest BCUT2D eigenvalue weighted by atomic mass is 9.91. The maximum Gasteiger partial charge on any atom is 0.341 e. The Labute approximate surface area is 141 Å². The number of anilines is 1. The molecule has 2 aromatic rings. The van der Waals surface area contributed by atoms with Gasteiger partial charge in [-0.1, -0.05) is 6.07 Å². The summed E-state index contributed by atoms with van der Waals surface area (Å²) < 4.78 is 16.2. The fourth-order valence-electron chi connectivity index (χ4n) is 3.05. The van der Waals surface area contributed by atoms with Gasteiger partial charge in [-0.2, -0.15) is 5.10 Å². The first-order chi connectivity index (χ1) is 12.0. The standard InChI is InChI=1S/C16H15N3O6/c1-16(8-2-3-11-12(4-8)24-7-23-11)5-10(15(22)25-16)18-13-9(14(20)21)6-17-19-13/h2-4,6,10H,5,7H2,1H3,(H,20,21)(H2,17,18,19). The van der Waals surface area contributed by atoms with E-state index in [2.05, 4.69) is 15.5 Å². The molecule has 9 nitrogen and oxygen atoms in total. The predicted octanol–water partition coefficient (Wildman–Crippen LogP) is 1.48. The van der Waals surface area contributed by atoms with Crippen LogP contribution in [0.1, 0.15) is 29.3 Å². The molecule has 2 aliphatic heterocycles. The summed E-state index contributed by atoms with van der Waals surface area (Å²) in [5.74, 6) is -0.259. The Morgan fingerprint density at radius 3 is 3.00 bits per heavy atom. The van der Waals surface area contributed by atoms with Gasteiger partial charge in [0.2, 0.25) is 6.79 Å². The van der Waals surface area contributed by atoms with Crippen LogP contribution in [0, 0.1) is 0 Å². The largest absolute Gasteiger partial charge is 0.477 e. The van der Waals surface area contributed by atoms with Crippen molar-refractivity contribution >= 4 is 17.8 Å². The first-order valence-electron chi connectivity index (χ1n) is 7.63. The summed E-state index contributed by atoms with van der Waals surface area (Å²) in [6.07, 6.45) is 1.57. The number of hydrogen-bond donors (Lipinski definition) is 3. The van der Waals surface area contributed by atoms with Crippen LogP contribution in [0.5, 0.6) is 11.5 Å². The van der Waals surface area contributed by atoms with Crippen molar-refractivity contribution in [1.29, 1.82) is 0 Å². The SMILES string of the molecule is CC1(c2ccc3c(c2)OCO3)CC(Nc2n[nH]cc2C(=O)O)C(=O)O1. The van der Waals surface area contributed by atoms with Crippen molar-refractivity contribution in [3.8, 4) is 11.5 Å².